The summed E-state index contributed by atoms with van der Waals surface area (Å²) in [5, 5.41) is 9.53. The van der Waals surface area contributed by atoms with Crippen molar-refractivity contribution in [2.24, 2.45) is 5.92 Å². The minimum Gasteiger partial charge on any atom is -0.462 e. The molecule has 2 fully saturated rings. The lowest BCUT2D eigenvalue weighted by atomic mass is 9.97. The maximum absolute atomic E-state index is 12.4. The predicted molar refractivity (Wildman–Crippen MR) is 82.8 cm³/mol. The maximum atomic E-state index is 12.4. The largest absolute Gasteiger partial charge is 0.462 e. The van der Waals surface area contributed by atoms with Crippen LogP contribution in [0.25, 0.3) is 0 Å². The number of carbonyl (C=O) groups is 1. The number of hydrogen-bond acceptors (Lipinski definition) is 4. The van der Waals surface area contributed by atoms with Gasteiger partial charge < -0.3 is 14.7 Å². The Morgan fingerprint density at radius 2 is 1.95 bits per heavy atom. The number of ether oxygens (including phenoxy) is 1. The highest BCUT2D eigenvalue weighted by molar-refractivity contribution is 5.77. The van der Waals surface area contributed by atoms with Gasteiger partial charge in [-0.2, -0.15) is 0 Å². The summed E-state index contributed by atoms with van der Waals surface area (Å²) in [6, 6.07) is 1.09. The van der Waals surface area contributed by atoms with E-state index in [1.54, 1.807) is 0 Å². The zero-order chi connectivity index (χ0) is 15.4. The molecule has 0 aromatic rings. The second kappa shape index (κ2) is 7.23. The molecule has 0 saturated carbocycles. The Morgan fingerprint density at radius 3 is 2.43 bits per heavy atom. The SMILES string of the molecule is C/C=C\C(=C/C)C(CO)C(=O)OC1C[C@H]2CC[C@H](C1)N2C. The molecule has 0 aliphatic carbocycles. The number of rotatable bonds is 5. The maximum Gasteiger partial charge on any atom is 0.316 e. The van der Waals surface area contributed by atoms with Crippen molar-refractivity contribution >= 4 is 5.97 Å². The van der Waals surface area contributed by atoms with E-state index in [0.29, 0.717) is 12.1 Å². The van der Waals surface area contributed by atoms with Gasteiger partial charge in [0.15, 0.2) is 0 Å². The molecule has 2 aliphatic heterocycles. The van der Waals surface area contributed by atoms with Crippen LogP contribution in [-0.4, -0.2) is 47.8 Å². The first-order valence-electron chi connectivity index (χ1n) is 7.92. The third-order valence-corrected chi connectivity index (χ3v) is 4.90. The number of nitrogens with zero attached hydrogens (tertiary/aromatic N) is 1. The van der Waals surface area contributed by atoms with Crippen molar-refractivity contribution in [1.82, 2.24) is 4.90 Å². The van der Waals surface area contributed by atoms with Crippen LogP contribution in [0.4, 0.5) is 0 Å². The Balaban J connectivity index is 1.97. The monoisotopic (exact) mass is 293 g/mol. The summed E-state index contributed by atoms with van der Waals surface area (Å²) in [7, 11) is 2.17. The molecule has 4 nitrogen and oxygen atoms in total. The third kappa shape index (κ3) is 3.55. The lowest BCUT2D eigenvalue weighted by molar-refractivity contribution is -0.157. The molecule has 2 heterocycles. The lowest BCUT2D eigenvalue weighted by Gasteiger charge is -2.36. The van der Waals surface area contributed by atoms with Gasteiger partial charge in [-0.25, -0.2) is 0 Å². The van der Waals surface area contributed by atoms with Crippen molar-refractivity contribution in [3.8, 4) is 0 Å². The number of aliphatic hydroxyl groups excluding tert-OH is 1. The van der Waals surface area contributed by atoms with E-state index in [0.717, 1.165) is 18.4 Å². The van der Waals surface area contributed by atoms with Gasteiger partial charge >= 0.3 is 5.97 Å². The van der Waals surface area contributed by atoms with Crippen LogP contribution in [0.2, 0.25) is 0 Å². The number of esters is 1. The van der Waals surface area contributed by atoms with Gasteiger partial charge in [-0.3, -0.25) is 4.79 Å². The molecule has 2 bridgehead atoms. The van der Waals surface area contributed by atoms with E-state index in [9.17, 15) is 9.90 Å². The summed E-state index contributed by atoms with van der Waals surface area (Å²) in [5.74, 6) is -0.860. The van der Waals surface area contributed by atoms with Crippen LogP contribution in [0, 0.1) is 5.92 Å². The van der Waals surface area contributed by atoms with E-state index < -0.39 is 5.92 Å². The molecule has 0 aromatic heterocycles. The third-order valence-electron chi connectivity index (χ3n) is 4.90. The van der Waals surface area contributed by atoms with Crippen LogP contribution in [0.3, 0.4) is 0 Å². The molecule has 118 valence electrons. The average molecular weight is 293 g/mol. The van der Waals surface area contributed by atoms with E-state index in [-0.39, 0.29) is 18.7 Å². The fourth-order valence-corrected chi connectivity index (χ4v) is 3.63. The second-order valence-corrected chi connectivity index (χ2v) is 6.10. The summed E-state index contributed by atoms with van der Waals surface area (Å²) in [5.41, 5.74) is 0.820. The highest BCUT2D eigenvalue weighted by Gasteiger charge is 2.40. The molecule has 0 aromatic carbocycles. The lowest BCUT2D eigenvalue weighted by Crippen LogP contribution is -2.44. The normalized spacial score (nSPS) is 31.6. The van der Waals surface area contributed by atoms with E-state index in [4.69, 9.17) is 4.74 Å². The standard InChI is InChI=1S/C17H27NO3/c1-4-6-12(5-2)16(11-19)17(20)21-15-9-13-7-8-14(10-15)18(13)3/h4-6,13-16,19H,7-11H2,1-3H3/b6-4-,12-5+/t13-,14-,16?/m1/s1. The first-order chi connectivity index (χ1) is 10.1. The van der Waals surface area contributed by atoms with Crippen LogP contribution in [0.1, 0.15) is 39.5 Å². The van der Waals surface area contributed by atoms with Gasteiger partial charge in [0.05, 0.1) is 6.61 Å². The van der Waals surface area contributed by atoms with Gasteiger partial charge in [-0.1, -0.05) is 18.2 Å². The average Bonchev–Trinajstić information content (AvgIpc) is 2.69. The van der Waals surface area contributed by atoms with Gasteiger partial charge in [0.2, 0.25) is 0 Å². The molecule has 2 rings (SSSR count). The molecule has 4 heteroatoms. The second-order valence-electron chi connectivity index (χ2n) is 6.10. The summed E-state index contributed by atoms with van der Waals surface area (Å²) in [6.45, 7) is 3.57. The van der Waals surface area contributed by atoms with Crippen LogP contribution in [-0.2, 0) is 9.53 Å². The number of aliphatic hydroxyl groups is 1. The summed E-state index contributed by atoms with van der Waals surface area (Å²) >= 11 is 0. The number of piperidine rings is 1. The smallest absolute Gasteiger partial charge is 0.316 e. The van der Waals surface area contributed by atoms with Crippen molar-refractivity contribution in [2.75, 3.05) is 13.7 Å². The van der Waals surface area contributed by atoms with E-state index in [1.807, 2.05) is 32.1 Å². The predicted octanol–water partition coefficient (Wildman–Crippen LogP) is 2.29. The van der Waals surface area contributed by atoms with Crippen LogP contribution >= 0.6 is 0 Å². The molecule has 1 unspecified atom stereocenters. The Labute approximate surface area is 127 Å². The molecule has 3 atom stereocenters. The van der Waals surface area contributed by atoms with Gasteiger partial charge in [0.25, 0.3) is 0 Å². The molecule has 2 aliphatic rings. The number of carbonyl (C=O) groups excluding carboxylic acids is 1. The fourth-order valence-electron chi connectivity index (χ4n) is 3.63. The van der Waals surface area contributed by atoms with Gasteiger partial charge in [0.1, 0.15) is 12.0 Å². The van der Waals surface area contributed by atoms with Crippen LogP contribution < -0.4 is 0 Å². The molecular weight excluding hydrogens is 266 g/mol. The van der Waals surface area contributed by atoms with Gasteiger partial charge in [-0.05, 0) is 52.2 Å². The van der Waals surface area contributed by atoms with Crippen molar-refractivity contribution in [1.29, 1.82) is 0 Å². The number of fused-ring (bicyclic) bond motifs is 2. The minimum absolute atomic E-state index is 0.00367. The quantitative estimate of drug-likeness (QED) is 0.624. The highest BCUT2D eigenvalue weighted by atomic mass is 16.5. The zero-order valence-electron chi connectivity index (χ0n) is 13.3. The molecular formula is C17H27NO3. The minimum atomic E-state index is -0.566. The highest BCUT2D eigenvalue weighted by Crippen LogP contribution is 2.35. The molecule has 1 N–H and O–H groups in total. The van der Waals surface area contributed by atoms with E-state index in [1.165, 1.54) is 12.8 Å². The molecule has 21 heavy (non-hydrogen) atoms. The van der Waals surface area contributed by atoms with Crippen molar-refractivity contribution in [3.63, 3.8) is 0 Å². The molecule has 0 radical (unpaired) electrons. The Morgan fingerprint density at radius 1 is 1.33 bits per heavy atom. The van der Waals surface area contributed by atoms with Crippen molar-refractivity contribution in [2.45, 2.75) is 57.7 Å². The number of allylic oxidation sites excluding steroid dienone is 3. The van der Waals surface area contributed by atoms with Gasteiger partial charge in [0, 0.05) is 12.1 Å². The molecule has 0 spiro atoms. The molecule has 0 amide bonds. The number of hydrogen-bond donors (Lipinski definition) is 1. The first-order valence-corrected chi connectivity index (χ1v) is 7.92. The van der Waals surface area contributed by atoms with Crippen molar-refractivity contribution in [3.05, 3.63) is 23.8 Å². The van der Waals surface area contributed by atoms with Crippen LogP contribution in [0.5, 0.6) is 0 Å². The van der Waals surface area contributed by atoms with E-state index >= 15 is 0 Å². The first kappa shape index (κ1) is 16.2. The summed E-state index contributed by atoms with van der Waals surface area (Å²) in [4.78, 5) is 14.8. The Kier molecular flexibility index (Phi) is 5.59. The van der Waals surface area contributed by atoms with E-state index in [2.05, 4.69) is 11.9 Å². The van der Waals surface area contributed by atoms with Crippen LogP contribution in [0.15, 0.2) is 23.8 Å². The fraction of sp³-hybridized carbons (Fsp3) is 0.706. The zero-order valence-corrected chi connectivity index (χ0v) is 13.3. The molecule has 2 saturated heterocycles. The Hall–Kier alpha value is -1.13. The Bertz CT molecular complexity index is 416. The van der Waals surface area contributed by atoms with Crippen molar-refractivity contribution < 1.29 is 14.6 Å². The van der Waals surface area contributed by atoms with Gasteiger partial charge in [-0.15, -0.1) is 0 Å². The topological polar surface area (TPSA) is 49.8 Å². The summed E-state index contributed by atoms with van der Waals surface area (Å²) < 4.78 is 5.70. The summed E-state index contributed by atoms with van der Waals surface area (Å²) in [6.07, 6.45) is 9.86.